The summed E-state index contributed by atoms with van der Waals surface area (Å²) in [5.74, 6) is 1.64. The highest BCUT2D eigenvalue weighted by molar-refractivity contribution is 6.23. The molecule has 2 atom stereocenters. The number of hydrogen-bond acceptors (Lipinski definition) is 3. The Morgan fingerprint density at radius 1 is 1.28 bits per heavy atom. The van der Waals surface area contributed by atoms with Gasteiger partial charge in [0, 0.05) is 25.1 Å². The Balaban J connectivity index is 2.24. The molecule has 0 aromatic carbocycles. The van der Waals surface area contributed by atoms with Gasteiger partial charge in [0.1, 0.15) is 5.76 Å². The maximum absolute atomic E-state index is 12.2. The molecule has 0 saturated heterocycles. The minimum atomic E-state index is 0.0882. The maximum atomic E-state index is 12.2. The Morgan fingerprint density at radius 3 is 2.56 bits per heavy atom. The molecular formula is C15H23NO2. The van der Waals surface area contributed by atoms with Gasteiger partial charge in [0.15, 0.2) is 5.78 Å². The molecule has 1 aliphatic heterocycles. The Morgan fingerprint density at radius 2 is 2.00 bits per heavy atom. The van der Waals surface area contributed by atoms with Crippen LogP contribution in [0.3, 0.4) is 0 Å². The van der Waals surface area contributed by atoms with E-state index in [1.165, 1.54) is 0 Å². The van der Waals surface area contributed by atoms with Crippen molar-refractivity contribution in [1.29, 1.82) is 0 Å². The standard InChI is InChI=1S/C15H23NO2/c1-9(2)11-7-13(17)15(14(18)8-11)12-6-10(3)4-5-16-12/h9-11,17H,4-8H2,1-3H3. The summed E-state index contributed by atoms with van der Waals surface area (Å²) in [7, 11) is 0. The second kappa shape index (κ2) is 5.25. The van der Waals surface area contributed by atoms with Crippen LogP contribution in [0, 0.1) is 17.8 Å². The van der Waals surface area contributed by atoms with Crippen molar-refractivity contribution >= 4 is 11.5 Å². The largest absolute Gasteiger partial charge is 0.511 e. The zero-order valence-electron chi connectivity index (χ0n) is 11.6. The summed E-state index contributed by atoms with van der Waals surface area (Å²) in [5.41, 5.74) is 1.39. The van der Waals surface area contributed by atoms with Gasteiger partial charge in [-0.05, 0) is 30.6 Å². The van der Waals surface area contributed by atoms with Crippen LogP contribution < -0.4 is 0 Å². The molecule has 2 aliphatic rings. The molecule has 3 nitrogen and oxygen atoms in total. The van der Waals surface area contributed by atoms with E-state index in [2.05, 4.69) is 25.8 Å². The molecular weight excluding hydrogens is 226 g/mol. The van der Waals surface area contributed by atoms with E-state index >= 15 is 0 Å². The van der Waals surface area contributed by atoms with E-state index < -0.39 is 0 Å². The summed E-state index contributed by atoms with van der Waals surface area (Å²) in [6.07, 6.45) is 3.11. The lowest BCUT2D eigenvalue weighted by Crippen LogP contribution is -2.29. The lowest BCUT2D eigenvalue weighted by atomic mass is 9.78. The van der Waals surface area contributed by atoms with Crippen molar-refractivity contribution in [2.45, 2.75) is 46.5 Å². The van der Waals surface area contributed by atoms with Crippen molar-refractivity contribution in [3.05, 3.63) is 11.3 Å². The van der Waals surface area contributed by atoms with Gasteiger partial charge >= 0.3 is 0 Å². The zero-order valence-corrected chi connectivity index (χ0v) is 11.6. The van der Waals surface area contributed by atoms with E-state index in [1.54, 1.807) is 0 Å². The predicted octanol–water partition coefficient (Wildman–Crippen LogP) is 3.30. The van der Waals surface area contributed by atoms with Crippen LogP contribution in [0.15, 0.2) is 16.3 Å². The zero-order chi connectivity index (χ0) is 13.3. The van der Waals surface area contributed by atoms with Crippen molar-refractivity contribution in [2.24, 2.45) is 22.7 Å². The van der Waals surface area contributed by atoms with Gasteiger partial charge in [-0.25, -0.2) is 0 Å². The molecule has 2 rings (SSSR count). The van der Waals surface area contributed by atoms with Crippen molar-refractivity contribution in [3.63, 3.8) is 0 Å². The molecule has 0 spiro atoms. The number of aliphatic hydroxyl groups is 1. The lowest BCUT2D eigenvalue weighted by Gasteiger charge is -2.28. The van der Waals surface area contributed by atoms with Crippen LogP contribution >= 0.6 is 0 Å². The van der Waals surface area contributed by atoms with Crippen LogP contribution in [0.25, 0.3) is 0 Å². The van der Waals surface area contributed by atoms with Crippen LogP contribution in [-0.2, 0) is 4.79 Å². The van der Waals surface area contributed by atoms with Crippen LogP contribution in [0.4, 0.5) is 0 Å². The molecule has 0 saturated carbocycles. The number of nitrogens with zero attached hydrogens (tertiary/aromatic N) is 1. The summed E-state index contributed by atoms with van der Waals surface area (Å²) in [6.45, 7) is 7.18. The first-order valence-corrected chi connectivity index (χ1v) is 6.98. The van der Waals surface area contributed by atoms with Gasteiger partial charge < -0.3 is 5.11 Å². The fourth-order valence-electron chi connectivity index (χ4n) is 2.82. The minimum Gasteiger partial charge on any atom is -0.511 e. The number of aliphatic hydroxyl groups excluding tert-OH is 1. The Kier molecular flexibility index (Phi) is 3.88. The van der Waals surface area contributed by atoms with Gasteiger partial charge in [-0.15, -0.1) is 0 Å². The van der Waals surface area contributed by atoms with Gasteiger partial charge in [-0.1, -0.05) is 20.8 Å². The maximum Gasteiger partial charge on any atom is 0.168 e. The molecule has 0 bridgehead atoms. The van der Waals surface area contributed by atoms with Crippen molar-refractivity contribution in [2.75, 3.05) is 6.54 Å². The normalized spacial score (nSPS) is 29.8. The second-order valence-electron chi connectivity index (χ2n) is 6.08. The number of rotatable bonds is 2. The quantitative estimate of drug-likeness (QED) is 0.816. The van der Waals surface area contributed by atoms with Crippen molar-refractivity contribution in [1.82, 2.24) is 0 Å². The van der Waals surface area contributed by atoms with E-state index in [0.717, 1.165) is 25.1 Å². The Hall–Kier alpha value is -1.12. The van der Waals surface area contributed by atoms with Crippen LogP contribution in [0.5, 0.6) is 0 Å². The van der Waals surface area contributed by atoms with Gasteiger partial charge in [0.05, 0.1) is 5.57 Å². The Labute approximate surface area is 109 Å². The molecule has 1 heterocycles. The molecule has 0 aromatic rings. The van der Waals surface area contributed by atoms with Gasteiger partial charge in [0.2, 0.25) is 0 Å². The molecule has 3 heteroatoms. The van der Waals surface area contributed by atoms with Gasteiger partial charge in [0.25, 0.3) is 0 Å². The lowest BCUT2D eigenvalue weighted by molar-refractivity contribution is -0.117. The number of carbonyl (C=O) groups is 1. The monoisotopic (exact) mass is 249 g/mol. The molecule has 2 unspecified atom stereocenters. The van der Waals surface area contributed by atoms with Crippen LogP contribution in [-0.4, -0.2) is 23.1 Å². The van der Waals surface area contributed by atoms with E-state index in [-0.39, 0.29) is 17.5 Å². The highest BCUT2D eigenvalue weighted by Crippen LogP contribution is 2.33. The van der Waals surface area contributed by atoms with Crippen LogP contribution in [0.2, 0.25) is 0 Å². The molecule has 0 aromatic heterocycles. The summed E-state index contributed by atoms with van der Waals surface area (Å²) in [5, 5.41) is 10.2. The highest BCUT2D eigenvalue weighted by Gasteiger charge is 2.32. The van der Waals surface area contributed by atoms with Crippen molar-refractivity contribution < 1.29 is 9.90 Å². The summed E-state index contributed by atoms with van der Waals surface area (Å²) < 4.78 is 0. The summed E-state index contributed by atoms with van der Waals surface area (Å²) in [4.78, 5) is 16.7. The van der Waals surface area contributed by atoms with E-state index in [1.807, 2.05) is 0 Å². The molecule has 1 aliphatic carbocycles. The first kappa shape index (κ1) is 13.3. The van der Waals surface area contributed by atoms with Crippen molar-refractivity contribution in [3.8, 4) is 0 Å². The molecule has 1 N–H and O–H groups in total. The second-order valence-corrected chi connectivity index (χ2v) is 6.08. The predicted molar refractivity (Wildman–Crippen MR) is 72.9 cm³/mol. The average molecular weight is 249 g/mol. The highest BCUT2D eigenvalue weighted by atomic mass is 16.3. The summed E-state index contributed by atoms with van der Waals surface area (Å²) >= 11 is 0. The third-order valence-electron chi connectivity index (χ3n) is 4.17. The number of hydrogen-bond donors (Lipinski definition) is 1. The van der Waals surface area contributed by atoms with Gasteiger partial charge in [-0.3, -0.25) is 9.79 Å². The molecule has 0 radical (unpaired) electrons. The first-order chi connectivity index (χ1) is 8.49. The molecule has 100 valence electrons. The van der Waals surface area contributed by atoms with Crippen LogP contribution in [0.1, 0.15) is 46.5 Å². The fourth-order valence-corrected chi connectivity index (χ4v) is 2.82. The molecule has 0 fully saturated rings. The first-order valence-electron chi connectivity index (χ1n) is 6.98. The number of Topliss-reactive ketones (excluding diaryl/α,β-unsaturated/α-hetero) is 1. The number of ketones is 1. The number of aliphatic imine (C=N–C) groups is 1. The van der Waals surface area contributed by atoms with E-state index in [9.17, 15) is 9.90 Å². The Bertz CT molecular complexity index is 407. The SMILES string of the molecule is CC1CCN=C(C2=C(O)CC(C(C)C)CC2=O)C1. The smallest absolute Gasteiger partial charge is 0.168 e. The van der Waals surface area contributed by atoms with E-state index in [4.69, 9.17) is 0 Å². The van der Waals surface area contributed by atoms with Gasteiger partial charge in [-0.2, -0.15) is 0 Å². The number of allylic oxidation sites excluding steroid dienone is 2. The third kappa shape index (κ3) is 2.65. The minimum absolute atomic E-state index is 0.0882. The average Bonchev–Trinajstić information content (AvgIpc) is 2.27. The third-order valence-corrected chi connectivity index (χ3v) is 4.17. The summed E-state index contributed by atoms with van der Waals surface area (Å²) in [6, 6.07) is 0. The molecule has 18 heavy (non-hydrogen) atoms. The number of carbonyl (C=O) groups excluding carboxylic acids is 1. The molecule has 0 amide bonds. The fraction of sp³-hybridized carbons (Fsp3) is 0.733. The van der Waals surface area contributed by atoms with E-state index in [0.29, 0.717) is 30.3 Å². The topological polar surface area (TPSA) is 49.7 Å².